The Balaban J connectivity index is 1.19. The van der Waals surface area contributed by atoms with Crippen LogP contribution in [0, 0.1) is 40.8 Å². The molecule has 3 aliphatic heterocycles. The van der Waals surface area contributed by atoms with Crippen LogP contribution < -0.4 is 4.90 Å². The number of nitrogens with zero attached hydrogens (tertiary/aromatic N) is 5. The van der Waals surface area contributed by atoms with Gasteiger partial charge in [-0.2, -0.15) is 5.26 Å². The van der Waals surface area contributed by atoms with E-state index >= 15 is 0 Å². The van der Waals surface area contributed by atoms with Crippen LogP contribution in [-0.4, -0.2) is 80.2 Å². The first-order valence-corrected chi connectivity index (χ1v) is 16.2. The minimum absolute atomic E-state index is 0.120. The summed E-state index contributed by atoms with van der Waals surface area (Å²) in [5, 5.41) is 10.1. The highest BCUT2D eigenvalue weighted by molar-refractivity contribution is 7.16. The molecule has 3 saturated heterocycles. The Labute approximate surface area is 247 Å². The zero-order valence-corrected chi connectivity index (χ0v) is 25.0. The van der Waals surface area contributed by atoms with Crippen molar-refractivity contribution in [1.29, 1.82) is 5.26 Å². The molecular formula is C32H42FN5O2S. The van der Waals surface area contributed by atoms with Gasteiger partial charge in [0.25, 0.3) is 0 Å². The predicted molar refractivity (Wildman–Crippen MR) is 158 cm³/mol. The molecule has 0 radical (unpaired) electrons. The number of esters is 1. The third kappa shape index (κ3) is 5.89. The number of carbonyl (C=O) groups excluding carboxylic acids is 1. The smallest absolute Gasteiger partial charge is 0.305 e. The van der Waals surface area contributed by atoms with E-state index in [0.717, 1.165) is 95.2 Å². The molecule has 4 fully saturated rings. The van der Waals surface area contributed by atoms with Crippen molar-refractivity contribution in [2.45, 2.75) is 50.4 Å². The van der Waals surface area contributed by atoms with Crippen LogP contribution in [0.25, 0.3) is 0 Å². The second-order valence-corrected chi connectivity index (χ2v) is 13.7. The number of aromatic nitrogens is 1. The molecule has 220 valence electrons. The number of thiazole rings is 1. The predicted octanol–water partition coefficient (Wildman–Crippen LogP) is 4.93. The molecule has 41 heavy (non-hydrogen) atoms. The van der Waals surface area contributed by atoms with Gasteiger partial charge in [-0.25, -0.2) is 9.37 Å². The molecule has 0 bridgehead atoms. The molecule has 4 heterocycles. The molecule has 0 spiro atoms. The molecule has 1 aromatic heterocycles. The van der Waals surface area contributed by atoms with E-state index in [9.17, 15) is 9.18 Å². The zero-order valence-electron chi connectivity index (χ0n) is 24.1. The lowest BCUT2D eigenvalue weighted by Crippen LogP contribution is -2.58. The van der Waals surface area contributed by atoms with Gasteiger partial charge in [0.1, 0.15) is 16.8 Å². The Kier molecular flexibility index (Phi) is 8.62. The largest absolute Gasteiger partial charge is 0.469 e. The van der Waals surface area contributed by atoms with E-state index < -0.39 is 0 Å². The molecule has 9 heteroatoms. The Hall–Kier alpha value is -2.54. The van der Waals surface area contributed by atoms with Crippen molar-refractivity contribution in [3.8, 4) is 6.07 Å². The van der Waals surface area contributed by atoms with Crippen molar-refractivity contribution in [2.75, 3.05) is 64.4 Å². The van der Waals surface area contributed by atoms with Crippen LogP contribution in [0.1, 0.15) is 55.4 Å². The van der Waals surface area contributed by atoms with Gasteiger partial charge >= 0.3 is 5.97 Å². The average Bonchev–Trinajstić information content (AvgIpc) is 3.61. The van der Waals surface area contributed by atoms with E-state index in [0.29, 0.717) is 29.1 Å². The van der Waals surface area contributed by atoms with Crippen molar-refractivity contribution in [2.24, 2.45) is 23.7 Å². The van der Waals surface area contributed by atoms with Gasteiger partial charge in [0.05, 0.1) is 13.3 Å². The number of benzene rings is 1. The lowest BCUT2D eigenvalue weighted by molar-refractivity contribution is -0.142. The molecule has 1 aliphatic carbocycles. The number of methoxy groups -OCH3 is 1. The van der Waals surface area contributed by atoms with Crippen LogP contribution in [-0.2, 0) is 14.9 Å². The summed E-state index contributed by atoms with van der Waals surface area (Å²) in [6, 6.07) is 9.61. The highest BCUT2D eigenvalue weighted by atomic mass is 32.1. The maximum absolute atomic E-state index is 14.9. The first kappa shape index (κ1) is 28.6. The number of nitriles is 1. The van der Waals surface area contributed by atoms with Crippen LogP contribution in [0.4, 0.5) is 9.52 Å². The highest BCUT2D eigenvalue weighted by Gasteiger charge is 2.53. The molecule has 7 nitrogen and oxygen atoms in total. The quantitative estimate of drug-likeness (QED) is 0.370. The Morgan fingerprint density at radius 1 is 1.15 bits per heavy atom. The summed E-state index contributed by atoms with van der Waals surface area (Å²) in [5.41, 5.74) is 0.972. The Morgan fingerprint density at radius 2 is 1.95 bits per heavy atom. The number of anilines is 1. The zero-order chi connectivity index (χ0) is 28.4. The van der Waals surface area contributed by atoms with Crippen LogP contribution >= 0.6 is 11.3 Å². The molecule has 3 atom stereocenters. The van der Waals surface area contributed by atoms with Gasteiger partial charge in [-0.15, -0.1) is 0 Å². The molecular weight excluding hydrogens is 537 g/mol. The number of carbonyl (C=O) groups is 1. The summed E-state index contributed by atoms with van der Waals surface area (Å²) in [5.74, 6) is 1.41. The SMILES string of the molecule is COC(=O)C[C@H]1CCC[C@@H]1[C@](CN1CCC1)(c1cccc(F)c1)C1CCN(CC2CN(c3ncc(C#N)s3)C2)CC1. The van der Waals surface area contributed by atoms with Crippen molar-refractivity contribution in [1.82, 2.24) is 14.8 Å². The number of likely N-dealkylation sites (tertiary alicyclic amines) is 2. The van der Waals surface area contributed by atoms with Crippen molar-refractivity contribution in [3.05, 3.63) is 46.7 Å². The number of rotatable bonds is 10. The van der Waals surface area contributed by atoms with E-state index in [2.05, 4.69) is 31.8 Å². The second-order valence-electron chi connectivity index (χ2n) is 12.7. The summed E-state index contributed by atoms with van der Waals surface area (Å²) in [7, 11) is 1.49. The van der Waals surface area contributed by atoms with E-state index in [-0.39, 0.29) is 23.1 Å². The molecule has 0 N–H and O–H groups in total. The molecule has 1 saturated carbocycles. The van der Waals surface area contributed by atoms with Gasteiger partial charge in [0.2, 0.25) is 0 Å². The van der Waals surface area contributed by atoms with Gasteiger partial charge in [-0.05, 0) is 93.7 Å². The maximum Gasteiger partial charge on any atom is 0.305 e. The normalized spacial score (nSPS) is 25.7. The molecule has 6 rings (SSSR count). The van der Waals surface area contributed by atoms with Gasteiger partial charge in [0.15, 0.2) is 5.13 Å². The van der Waals surface area contributed by atoms with Crippen LogP contribution in [0.2, 0.25) is 0 Å². The van der Waals surface area contributed by atoms with Crippen LogP contribution in [0.3, 0.4) is 0 Å². The van der Waals surface area contributed by atoms with Gasteiger partial charge in [-0.1, -0.05) is 29.9 Å². The number of piperidine rings is 1. The third-order valence-electron chi connectivity index (χ3n) is 10.4. The monoisotopic (exact) mass is 579 g/mol. The third-order valence-corrected chi connectivity index (χ3v) is 11.4. The summed E-state index contributed by atoms with van der Waals surface area (Å²) >= 11 is 1.48. The first-order valence-electron chi connectivity index (χ1n) is 15.4. The summed E-state index contributed by atoms with van der Waals surface area (Å²) < 4.78 is 20.0. The standard InChI is InChI=1S/C32H42FN5O2S/c1-40-30(39)15-24-5-2-8-29(24)32(22-37-11-4-12-37,26-6-3-7-27(33)16-26)25-9-13-36(14-10-25)19-23-20-38(21-23)31-35-18-28(17-34)41-31/h3,6-7,16,18,23-25,29H,2,4-5,8-15,19-22H2,1H3/t24-,29+,32+/m1/s1. The molecule has 2 aromatic rings. The van der Waals surface area contributed by atoms with Gasteiger partial charge in [-0.3, -0.25) is 4.79 Å². The number of hydrogen-bond acceptors (Lipinski definition) is 8. The van der Waals surface area contributed by atoms with Crippen LogP contribution in [0.15, 0.2) is 30.5 Å². The molecule has 0 amide bonds. The Bertz CT molecular complexity index is 1250. The topological polar surface area (TPSA) is 72.7 Å². The average molecular weight is 580 g/mol. The first-order chi connectivity index (χ1) is 20.0. The lowest BCUT2D eigenvalue weighted by Gasteiger charge is -2.54. The van der Waals surface area contributed by atoms with Crippen molar-refractivity contribution >= 4 is 22.4 Å². The van der Waals surface area contributed by atoms with E-state index in [1.807, 2.05) is 6.07 Å². The minimum Gasteiger partial charge on any atom is -0.469 e. The summed E-state index contributed by atoms with van der Waals surface area (Å²) in [4.78, 5) is 25.1. The number of hydrogen-bond donors (Lipinski definition) is 0. The van der Waals surface area contributed by atoms with Gasteiger partial charge < -0.3 is 19.4 Å². The summed E-state index contributed by atoms with van der Waals surface area (Å²) in [6.45, 7) is 8.38. The fourth-order valence-corrected chi connectivity index (χ4v) is 9.07. The van der Waals surface area contributed by atoms with E-state index in [4.69, 9.17) is 10.00 Å². The van der Waals surface area contributed by atoms with Crippen molar-refractivity contribution < 1.29 is 13.9 Å². The molecule has 0 unspecified atom stereocenters. The fourth-order valence-electron chi connectivity index (χ4n) is 8.33. The minimum atomic E-state index is -0.166. The molecule has 1 aromatic carbocycles. The van der Waals surface area contributed by atoms with Crippen LogP contribution in [0.5, 0.6) is 0 Å². The lowest BCUT2D eigenvalue weighted by atomic mass is 9.56. The molecule has 4 aliphatic rings. The van der Waals surface area contributed by atoms with E-state index in [1.54, 1.807) is 18.3 Å². The maximum atomic E-state index is 14.9. The second kappa shape index (κ2) is 12.4. The fraction of sp³-hybridized carbons (Fsp3) is 0.656. The van der Waals surface area contributed by atoms with Gasteiger partial charge in [0, 0.05) is 43.9 Å². The van der Waals surface area contributed by atoms with Crippen molar-refractivity contribution in [3.63, 3.8) is 0 Å². The summed E-state index contributed by atoms with van der Waals surface area (Å²) in [6.07, 6.45) is 8.81. The number of halogens is 1. The van der Waals surface area contributed by atoms with E-state index in [1.165, 1.54) is 24.9 Å². The number of ether oxygens (including phenoxy) is 1. The Morgan fingerprint density at radius 3 is 2.61 bits per heavy atom. The highest BCUT2D eigenvalue weighted by Crippen LogP contribution is 2.54.